The molecular weight excluding hydrogens is 502 g/mol. The molecule has 4 rings (SSSR count). The van der Waals surface area contributed by atoms with E-state index in [-0.39, 0.29) is 37.3 Å². The number of phenolic OH excluding ortho intramolecular Hbond substituents is 1. The van der Waals surface area contributed by atoms with Gasteiger partial charge in [-0.05, 0) is 56.0 Å². The Kier molecular flexibility index (Phi) is 7.64. The molecule has 0 fully saturated rings. The molecule has 0 aromatic heterocycles. The van der Waals surface area contributed by atoms with Gasteiger partial charge in [0.15, 0.2) is 6.10 Å². The van der Waals surface area contributed by atoms with Crippen LogP contribution in [0, 0.1) is 0 Å². The minimum absolute atomic E-state index is 0.0749. The largest absolute Gasteiger partial charge is 0.508 e. The summed E-state index contributed by atoms with van der Waals surface area (Å²) in [5.41, 5.74) is 1.62. The Bertz CT molecular complexity index is 1200. The highest BCUT2D eigenvalue weighted by atomic mass is 79.9. The average molecular weight is 526 g/mol. The lowest BCUT2D eigenvalue weighted by Crippen LogP contribution is -2.49. The van der Waals surface area contributed by atoms with E-state index in [1.807, 2.05) is 42.5 Å². The van der Waals surface area contributed by atoms with Gasteiger partial charge in [0.2, 0.25) is 5.91 Å². The second-order valence-electron chi connectivity index (χ2n) is 7.97. The quantitative estimate of drug-likeness (QED) is 0.411. The van der Waals surface area contributed by atoms with Crippen molar-refractivity contribution in [2.24, 2.45) is 5.16 Å². The second kappa shape index (κ2) is 11.0. The molecular formula is C25H24BrN3O5. The van der Waals surface area contributed by atoms with E-state index in [0.29, 0.717) is 11.0 Å². The SMILES string of the molecule is O=C(NC(Cc1ccc(O)cc1)C(=O)NCC1CC(Br)=NO1)OCc1ccc2ccccc2c1. The molecule has 3 N–H and O–H groups in total. The number of fused-ring (bicyclic) bond motifs is 1. The average Bonchev–Trinajstić information content (AvgIpc) is 3.27. The Labute approximate surface area is 205 Å². The van der Waals surface area contributed by atoms with E-state index >= 15 is 0 Å². The zero-order chi connectivity index (χ0) is 23.9. The lowest BCUT2D eigenvalue weighted by atomic mass is 10.0. The lowest BCUT2D eigenvalue weighted by Gasteiger charge is -2.19. The number of carbonyl (C=O) groups is 2. The van der Waals surface area contributed by atoms with E-state index in [4.69, 9.17) is 9.57 Å². The van der Waals surface area contributed by atoms with Gasteiger partial charge in [-0.1, -0.05) is 53.7 Å². The second-order valence-corrected chi connectivity index (χ2v) is 8.88. The number of carbonyl (C=O) groups excluding carboxylic acids is 2. The van der Waals surface area contributed by atoms with Gasteiger partial charge >= 0.3 is 6.09 Å². The van der Waals surface area contributed by atoms with Gasteiger partial charge < -0.3 is 25.3 Å². The number of phenols is 1. The lowest BCUT2D eigenvalue weighted by molar-refractivity contribution is -0.123. The van der Waals surface area contributed by atoms with E-state index < -0.39 is 12.1 Å². The molecule has 8 nitrogen and oxygen atoms in total. The van der Waals surface area contributed by atoms with Crippen LogP contribution in [0.25, 0.3) is 10.8 Å². The smallest absolute Gasteiger partial charge is 0.408 e. The minimum atomic E-state index is -0.876. The van der Waals surface area contributed by atoms with Crippen molar-refractivity contribution in [2.75, 3.05) is 6.54 Å². The van der Waals surface area contributed by atoms with Crippen LogP contribution in [-0.4, -0.2) is 40.4 Å². The van der Waals surface area contributed by atoms with E-state index in [2.05, 4.69) is 31.7 Å². The van der Waals surface area contributed by atoms with Crippen molar-refractivity contribution in [3.05, 3.63) is 77.9 Å². The number of amides is 2. The Morgan fingerprint density at radius 1 is 1.09 bits per heavy atom. The molecule has 0 saturated heterocycles. The van der Waals surface area contributed by atoms with Gasteiger partial charge in [0, 0.05) is 12.8 Å². The monoisotopic (exact) mass is 525 g/mol. The molecule has 9 heteroatoms. The van der Waals surface area contributed by atoms with Gasteiger partial charge in [-0.2, -0.15) is 0 Å². The molecule has 0 saturated carbocycles. The van der Waals surface area contributed by atoms with Crippen molar-refractivity contribution in [2.45, 2.75) is 31.6 Å². The van der Waals surface area contributed by atoms with Crippen molar-refractivity contribution >= 4 is 43.3 Å². The van der Waals surface area contributed by atoms with Gasteiger partial charge in [-0.25, -0.2) is 4.79 Å². The molecule has 2 atom stereocenters. The van der Waals surface area contributed by atoms with Gasteiger partial charge in [-0.15, -0.1) is 0 Å². The van der Waals surface area contributed by atoms with Crippen LogP contribution in [-0.2, 0) is 27.4 Å². The Morgan fingerprint density at radius 3 is 2.56 bits per heavy atom. The summed E-state index contributed by atoms with van der Waals surface area (Å²) in [4.78, 5) is 30.6. The summed E-state index contributed by atoms with van der Waals surface area (Å²) in [6, 6.07) is 19.3. The van der Waals surface area contributed by atoms with E-state index in [1.54, 1.807) is 12.1 Å². The summed E-state index contributed by atoms with van der Waals surface area (Å²) in [6.07, 6.45) is -0.185. The first-order valence-electron chi connectivity index (χ1n) is 10.8. The molecule has 2 unspecified atom stereocenters. The van der Waals surface area contributed by atoms with E-state index in [1.165, 1.54) is 12.1 Å². The number of hydrogen-bond acceptors (Lipinski definition) is 6. The summed E-state index contributed by atoms with van der Waals surface area (Å²) in [5, 5.41) is 20.9. The fourth-order valence-corrected chi connectivity index (χ4v) is 4.02. The Hall–Kier alpha value is -3.59. The number of aromatic hydroxyl groups is 1. The number of halogens is 1. The molecule has 1 heterocycles. The number of benzene rings is 3. The molecule has 2 amide bonds. The van der Waals surface area contributed by atoms with Crippen LogP contribution in [0.2, 0.25) is 0 Å². The van der Waals surface area contributed by atoms with Crippen molar-refractivity contribution in [3.63, 3.8) is 0 Å². The van der Waals surface area contributed by atoms with Crippen molar-refractivity contribution in [1.29, 1.82) is 0 Å². The topological polar surface area (TPSA) is 109 Å². The Balaban J connectivity index is 1.36. The first-order chi connectivity index (χ1) is 16.5. The normalized spacial score (nSPS) is 15.8. The summed E-state index contributed by atoms with van der Waals surface area (Å²) >= 11 is 3.27. The van der Waals surface area contributed by atoms with E-state index in [9.17, 15) is 14.7 Å². The zero-order valence-electron chi connectivity index (χ0n) is 18.2. The van der Waals surface area contributed by atoms with Crippen LogP contribution in [0.15, 0.2) is 71.9 Å². The number of alkyl carbamates (subject to hydrolysis) is 1. The highest BCUT2D eigenvalue weighted by molar-refractivity contribution is 9.18. The van der Waals surface area contributed by atoms with Gasteiger partial charge in [0.05, 0.1) is 6.54 Å². The van der Waals surface area contributed by atoms with Gasteiger partial charge in [0.1, 0.15) is 23.0 Å². The number of nitrogens with zero attached hydrogens (tertiary/aromatic N) is 1. The van der Waals surface area contributed by atoms with Crippen LogP contribution in [0.1, 0.15) is 17.5 Å². The maximum absolute atomic E-state index is 12.9. The number of ether oxygens (including phenoxy) is 1. The third kappa shape index (κ3) is 6.48. The fraction of sp³-hybridized carbons (Fsp3) is 0.240. The molecule has 176 valence electrons. The summed E-state index contributed by atoms with van der Waals surface area (Å²) in [5.74, 6) is -0.251. The molecule has 1 aliphatic heterocycles. The number of rotatable bonds is 8. The van der Waals surface area contributed by atoms with Crippen molar-refractivity contribution in [3.8, 4) is 5.75 Å². The molecule has 3 aromatic carbocycles. The summed E-state index contributed by atoms with van der Waals surface area (Å²) in [7, 11) is 0. The molecule has 0 radical (unpaired) electrons. The van der Waals surface area contributed by atoms with Crippen LogP contribution in [0.5, 0.6) is 5.75 Å². The third-order valence-corrected chi connectivity index (χ3v) is 5.84. The molecule has 0 bridgehead atoms. The van der Waals surface area contributed by atoms with Crippen LogP contribution in [0.3, 0.4) is 0 Å². The highest BCUT2D eigenvalue weighted by Gasteiger charge is 2.25. The molecule has 3 aromatic rings. The minimum Gasteiger partial charge on any atom is -0.508 e. The standard InChI is InChI=1S/C25H24BrN3O5/c26-23-13-21(34-29-23)14-27-24(31)22(12-16-6-9-20(30)10-7-16)28-25(32)33-15-17-5-8-18-3-1-2-4-19(18)11-17/h1-11,21-22,30H,12-15H2,(H,27,31)(H,28,32). The third-order valence-electron chi connectivity index (χ3n) is 5.37. The number of nitrogens with one attached hydrogen (secondary N) is 2. The molecule has 34 heavy (non-hydrogen) atoms. The summed E-state index contributed by atoms with van der Waals surface area (Å²) < 4.78 is 6.07. The predicted octanol–water partition coefficient (Wildman–Crippen LogP) is 4.00. The predicted molar refractivity (Wildman–Crippen MR) is 132 cm³/mol. The molecule has 1 aliphatic rings. The summed E-state index contributed by atoms with van der Waals surface area (Å²) in [6.45, 7) is 0.322. The first kappa shape index (κ1) is 23.6. The van der Waals surface area contributed by atoms with Gasteiger partial charge in [-0.3, -0.25) is 4.79 Å². The van der Waals surface area contributed by atoms with Crippen LogP contribution in [0.4, 0.5) is 4.79 Å². The molecule has 0 spiro atoms. The zero-order valence-corrected chi connectivity index (χ0v) is 19.8. The fourth-order valence-electron chi connectivity index (χ4n) is 3.58. The Morgan fingerprint density at radius 2 is 1.82 bits per heavy atom. The number of hydrogen-bond donors (Lipinski definition) is 3. The maximum atomic E-state index is 12.9. The van der Waals surface area contributed by atoms with Crippen molar-refractivity contribution in [1.82, 2.24) is 10.6 Å². The van der Waals surface area contributed by atoms with Crippen LogP contribution < -0.4 is 10.6 Å². The maximum Gasteiger partial charge on any atom is 0.408 e. The highest BCUT2D eigenvalue weighted by Crippen LogP contribution is 2.17. The van der Waals surface area contributed by atoms with Gasteiger partial charge in [0.25, 0.3) is 0 Å². The van der Waals surface area contributed by atoms with Crippen LogP contribution >= 0.6 is 15.9 Å². The first-order valence-corrected chi connectivity index (χ1v) is 11.6. The number of oxime groups is 1. The van der Waals surface area contributed by atoms with E-state index in [0.717, 1.165) is 21.9 Å². The van der Waals surface area contributed by atoms with Crippen molar-refractivity contribution < 1.29 is 24.3 Å². The molecule has 0 aliphatic carbocycles.